The average Bonchev–Trinajstić information content (AvgIpc) is 2.79. The first-order valence-electron chi connectivity index (χ1n) is 11.9. The molecule has 6 heteroatoms. The summed E-state index contributed by atoms with van der Waals surface area (Å²) >= 11 is 0. The van der Waals surface area contributed by atoms with E-state index in [0.717, 1.165) is 5.56 Å². The topological polar surface area (TPSA) is 68.2 Å². The Bertz CT molecular complexity index is 980. The molecule has 1 N–H and O–H groups in total. The number of amides is 1. The molecule has 2 unspecified atom stereocenters. The second-order valence-corrected chi connectivity index (χ2v) is 9.56. The molecule has 2 aliphatic heterocycles. The van der Waals surface area contributed by atoms with Crippen LogP contribution < -0.4 is 9.47 Å². The van der Waals surface area contributed by atoms with Crippen LogP contribution in [0.4, 0.5) is 0 Å². The molecule has 0 aromatic heterocycles. The predicted molar refractivity (Wildman–Crippen MR) is 127 cm³/mol. The summed E-state index contributed by atoms with van der Waals surface area (Å²) in [5.41, 5.74) is 2.51. The molecule has 1 spiro atoms. The van der Waals surface area contributed by atoms with E-state index in [2.05, 4.69) is 19.1 Å². The Labute approximate surface area is 196 Å². The molecule has 0 bridgehead atoms. The van der Waals surface area contributed by atoms with Gasteiger partial charge in [-0.05, 0) is 62.9 Å². The molecular formula is C27H35NO5. The Morgan fingerprint density at radius 1 is 1.15 bits per heavy atom. The third-order valence-corrected chi connectivity index (χ3v) is 6.76. The Morgan fingerprint density at radius 3 is 2.55 bits per heavy atom. The Morgan fingerprint density at radius 2 is 1.88 bits per heavy atom. The number of hydrogen-bond acceptors (Lipinski definition) is 5. The highest BCUT2D eigenvalue weighted by molar-refractivity contribution is 5.95. The van der Waals surface area contributed by atoms with Crippen molar-refractivity contribution in [3.63, 3.8) is 0 Å². The van der Waals surface area contributed by atoms with Crippen LogP contribution in [0.1, 0.15) is 67.1 Å². The van der Waals surface area contributed by atoms with Gasteiger partial charge in [-0.25, -0.2) is 0 Å². The minimum absolute atomic E-state index is 0.0214. The number of piperidine rings is 1. The maximum absolute atomic E-state index is 13.2. The van der Waals surface area contributed by atoms with Gasteiger partial charge >= 0.3 is 0 Å². The first-order chi connectivity index (χ1) is 15.8. The Hall–Kier alpha value is -2.57. The smallest absolute Gasteiger partial charge is 0.253 e. The number of methoxy groups -OCH3 is 1. The maximum Gasteiger partial charge on any atom is 0.253 e. The van der Waals surface area contributed by atoms with Crippen molar-refractivity contribution in [3.8, 4) is 11.5 Å². The quantitative estimate of drug-likeness (QED) is 0.712. The number of nitrogens with zero attached hydrogens (tertiary/aromatic N) is 1. The third-order valence-electron chi connectivity index (χ3n) is 6.76. The molecule has 2 heterocycles. The number of rotatable bonds is 5. The van der Waals surface area contributed by atoms with E-state index in [0.29, 0.717) is 55.8 Å². The monoisotopic (exact) mass is 453 g/mol. The van der Waals surface area contributed by atoms with Gasteiger partial charge in [-0.3, -0.25) is 4.79 Å². The molecule has 4 rings (SSSR count). The summed E-state index contributed by atoms with van der Waals surface area (Å²) < 4.78 is 17.9. The number of aliphatic hydroxyl groups excluding tert-OH is 1. The lowest BCUT2D eigenvalue weighted by molar-refractivity contribution is -0.181. The zero-order valence-corrected chi connectivity index (χ0v) is 20.0. The minimum Gasteiger partial charge on any atom is -0.493 e. The molecule has 2 fully saturated rings. The fourth-order valence-corrected chi connectivity index (χ4v) is 5.07. The van der Waals surface area contributed by atoms with Crippen LogP contribution in [-0.4, -0.2) is 53.9 Å². The van der Waals surface area contributed by atoms with Crippen molar-refractivity contribution in [2.45, 2.75) is 70.4 Å². The molecule has 0 radical (unpaired) electrons. The molecular weight excluding hydrogens is 418 g/mol. The van der Waals surface area contributed by atoms with Gasteiger partial charge in [0.25, 0.3) is 5.91 Å². The molecule has 0 aliphatic carbocycles. The summed E-state index contributed by atoms with van der Waals surface area (Å²) in [6.07, 6.45) is 2.16. The van der Waals surface area contributed by atoms with Gasteiger partial charge in [0.15, 0.2) is 11.5 Å². The first-order valence-corrected chi connectivity index (χ1v) is 11.9. The van der Waals surface area contributed by atoms with E-state index >= 15 is 0 Å². The van der Waals surface area contributed by atoms with Gasteiger partial charge in [-0.15, -0.1) is 0 Å². The summed E-state index contributed by atoms with van der Waals surface area (Å²) in [6, 6.07) is 13.6. The average molecular weight is 454 g/mol. The van der Waals surface area contributed by atoms with Crippen molar-refractivity contribution in [1.29, 1.82) is 0 Å². The molecule has 6 nitrogen and oxygen atoms in total. The van der Waals surface area contributed by atoms with Crippen LogP contribution in [0.3, 0.4) is 0 Å². The van der Waals surface area contributed by atoms with Crippen molar-refractivity contribution in [1.82, 2.24) is 4.90 Å². The number of carbonyl (C=O) groups is 1. The van der Waals surface area contributed by atoms with Crippen molar-refractivity contribution < 1.29 is 24.1 Å². The van der Waals surface area contributed by atoms with E-state index in [1.165, 1.54) is 5.56 Å². The van der Waals surface area contributed by atoms with Crippen LogP contribution in [0.5, 0.6) is 11.5 Å². The van der Waals surface area contributed by atoms with Gasteiger partial charge in [-0.2, -0.15) is 0 Å². The SMILES string of the molecule is COc1cc(C(=O)N2CCC3(CC2)CC(O)CC(c2ccccc2C)O3)ccc1OC(C)C. The van der Waals surface area contributed by atoms with Crippen LogP contribution in [0.25, 0.3) is 0 Å². The summed E-state index contributed by atoms with van der Waals surface area (Å²) in [7, 11) is 1.58. The van der Waals surface area contributed by atoms with Crippen molar-refractivity contribution in [2.75, 3.05) is 20.2 Å². The van der Waals surface area contributed by atoms with E-state index < -0.39 is 11.7 Å². The van der Waals surface area contributed by atoms with Crippen LogP contribution in [-0.2, 0) is 4.74 Å². The number of aliphatic hydroxyl groups is 1. The number of ether oxygens (including phenoxy) is 3. The summed E-state index contributed by atoms with van der Waals surface area (Å²) in [4.78, 5) is 15.1. The van der Waals surface area contributed by atoms with Crippen molar-refractivity contribution >= 4 is 5.91 Å². The lowest BCUT2D eigenvalue weighted by Gasteiger charge is -2.48. The lowest BCUT2D eigenvalue weighted by atomic mass is 9.80. The number of benzene rings is 2. The molecule has 2 saturated heterocycles. The predicted octanol–water partition coefficient (Wildman–Crippen LogP) is 4.68. The highest BCUT2D eigenvalue weighted by atomic mass is 16.5. The van der Waals surface area contributed by atoms with Gasteiger partial charge in [0.1, 0.15) is 0 Å². The Balaban J connectivity index is 1.44. The number of likely N-dealkylation sites (tertiary alicyclic amines) is 1. The van der Waals surface area contributed by atoms with Gasteiger partial charge in [0, 0.05) is 31.5 Å². The normalized spacial score (nSPS) is 22.4. The van der Waals surface area contributed by atoms with Gasteiger partial charge < -0.3 is 24.2 Å². The molecule has 33 heavy (non-hydrogen) atoms. The van der Waals surface area contributed by atoms with E-state index in [1.54, 1.807) is 25.3 Å². The molecule has 1 amide bonds. The third kappa shape index (κ3) is 5.17. The van der Waals surface area contributed by atoms with Crippen LogP contribution in [0.2, 0.25) is 0 Å². The Kier molecular flexibility index (Phi) is 6.96. The number of carbonyl (C=O) groups excluding carboxylic acids is 1. The fraction of sp³-hybridized carbons (Fsp3) is 0.519. The molecule has 2 aromatic carbocycles. The van der Waals surface area contributed by atoms with Gasteiger partial charge in [-0.1, -0.05) is 24.3 Å². The van der Waals surface area contributed by atoms with Crippen LogP contribution >= 0.6 is 0 Å². The van der Waals surface area contributed by atoms with E-state index in [-0.39, 0.29) is 18.1 Å². The molecule has 0 saturated carbocycles. The van der Waals surface area contributed by atoms with Crippen LogP contribution in [0, 0.1) is 6.92 Å². The van der Waals surface area contributed by atoms with Gasteiger partial charge in [0.2, 0.25) is 0 Å². The standard InChI is InChI=1S/C27H35NO5/c1-18(2)32-23-10-9-20(15-25(23)31-4)26(30)28-13-11-27(12-14-28)17-21(29)16-24(33-27)22-8-6-5-7-19(22)3/h5-10,15,18,21,24,29H,11-14,16-17H2,1-4H3. The first kappa shape index (κ1) is 23.6. The van der Waals surface area contributed by atoms with E-state index in [1.807, 2.05) is 30.9 Å². The van der Waals surface area contributed by atoms with Crippen molar-refractivity contribution in [2.24, 2.45) is 0 Å². The van der Waals surface area contributed by atoms with E-state index in [9.17, 15) is 9.90 Å². The minimum atomic E-state index is -0.400. The highest BCUT2D eigenvalue weighted by Gasteiger charge is 2.44. The van der Waals surface area contributed by atoms with Crippen LogP contribution in [0.15, 0.2) is 42.5 Å². The molecule has 2 aliphatic rings. The van der Waals surface area contributed by atoms with Crippen molar-refractivity contribution in [3.05, 3.63) is 59.2 Å². The summed E-state index contributed by atoms with van der Waals surface area (Å²) in [5.74, 6) is 1.17. The lowest BCUT2D eigenvalue weighted by Crippen LogP contribution is -2.52. The fourth-order valence-electron chi connectivity index (χ4n) is 5.07. The largest absolute Gasteiger partial charge is 0.493 e. The zero-order chi connectivity index (χ0) is 23.6. The molecule has 178 valence electrons. The second kappa shape index (κ2) is 9.74. The van der Waals surface area contributed by atoms with E-state index in [4.69, 9.17) is 14.2 Å². The summed E-state index contributed by atoms with van der Waals surface area (Å²) in [5, 5.41) is 10.7. The summed E-state index contributed by atoms with van der Waals surface area (Å²) in [6.45, 7) is 7.18. The second-order valence-electron chi connectivity index (χ2n) is 9.56. The number of hydrogen-bond donors (Lipinski definition) is 1. The van der Waals surface area contributed by atoms with Gasteiger partial charge in [0.05, 0.1) is 31.0 Å². The highest BCUT2D eigenvalue weighted by Crippen LogP contribution is 2.43. The maximum atomic E-state index is 13.2. The number of aryl methyl sites for hydroxylation is 1. The molecule has 2 atom stereocenters. The zero-order valence-electron chi connectivity index (χ0n) is 20.0. The molecule has 2 aromatic rings.